The number of carboxylic acids is 1. The highest BCUT2D eigenvalue weighted by molar-refractivity contribution is 5.85. The van der Waals surface area contributed by atoms with Crippen LogP contribution in [0.25, 0.3) is 0 Å². The topological polar surface area (TPSA) is 66.4 Å². The van der Waals surface area contributed by atoms with Gasteiger partial charge in [-0.3, -0.25) is 4.79 Å². The number of carbonyl (C=O) groups excluding carboxylic acids is 2. The van der Waals surface area contributed by atoms with Gasteiger partial charge in [-0.25, -0.2) is 0 Å². The van der Waals surface area contributed by atoms with Crippen molar-refractivity contribution in [3.8, 4) is 5.75 Å². The van der Waals surface area contributed by atoms with Crippen molar-refractivity contribution >= 4 is 11.9 Å². The van der Waals surface area contributed by atoms with Gasteiger partial charge in [0, 0.05) is 23.7 Å². The van der Waals surface area contributed by atoms with E-state index in [9.17, 15) is 14.7 Å². The summed E-state index contributed by atoms with van der Waals surface area (Å²) in [6, 6.07) is 25.8. The predicted molar refractivity (Wildman–Crippen MR) is 107 cm³/mol. The van der Waals surface area contributed by atoms with Gasteiger partial charge in [0.15, 0.2) is 0 Å². The molecule has 0 bridgehead atoms. The minimum atomic E-state index is -1.15. The Morgan fingerprint density at radius 2 is 1.31 bits per heavy atom. The standard InChI is InChI=1S/C25H22O4/c1-16-9-8-14-19(15-16)29-25(28)23-20(17-10-4-2-5-11-17)22(24(26)27)21(23)18-12-6-3-7-13-18/h2-15,20-23H,1H3,(H,26,27)/p-1/t20-,21+,22?,23?. The molecule has 0 heterocycles. The molecule has 1 fully saturated rings. The van der Waals surface area contributed by atoms with Crippen LogP contribution >= 0.6 is 0 Å². The SMILES string of the molecule is Cc1cccc(OC(=O)C2[C@H](c3ccccc3)C(C(=O)[O-])[C@@H]2c2ccccc2)c1. The van der Waals surface area contributed by atoms with E-state index in [4.69, 9.17) is 4.74 Å². The van der Waals surface area contributed by atoms with Gasteiger partial charge in [0.25, 0.3) is 0 Å². The lowest BCUT2D eigenvalue weighted by Gasteiger charge is -2.51. The zero-order valence-electron chi connectivity index (χ0n) is 16.0. The molecule has 0 aromatic heterocycles. The van der Waals surface area contributed by atoms with Crippen molar-refractivity contribution in [2.24, 2.45) is 11.8 Å². The molecule has 0 amide bonds. The van der Waals surface area contributed by atoms with Crippen LogP contribution in [0.1, 0.15) is 28.5 Å². The lowest BCUT2D eigenvalue weighted by Crippen LogP contribution is -2.55. The predicted octanol–water partition coefficient (Wildman–Crippen LogP) is 3.46. The number of carbonyl (C=O) groups is 2. The average Bonchev–Trinajstić information content (AvgIpc) is 2.68. The van der Waals surface area contributed by atoms with Crippen LogP contribution in [-0.2, 0) is 9.59 Å². The van der Waals surface area contributed by atoms with Crippen LogP contribution in [0.5, 0.6) is 5.75 Å². The van der Waals surface area contributed by atoms with Gasteiger partial charge in [-0.2, -0.15) is 0 Å². The van der Waals surface area contributed by atoms with Gasteiger partial charge in [0.2, 0.25) is 0 Å². The van der Waals surface area contributed by atoms with E-state index < -0.39 is 35.6 Å². The fourth-order valence-corrected chi connectivity index (χ4v) is 4.38. The van der Waals surface area contributed by atoms with Crippen LogP contribution in [0.3, 0.4) is 0 Å². The second-order valence-corrected chi connectivity index (χ2v) is 7.48. The maximum absolute atomic E-state index is 13.2. The minimum absolute atomic E-state index is 0.421. The molecule has 1 saturated carbocycles. The summed E-state index contributed by atoms with van der Waals surface area (Å²) < 4.78 is 5.68. The monoisotopic (exact) mass is 385 g/mol. The molecular weight excluding hydrogens is 364 g/mol. The minimum Gasteiger partial charge on any atom is -0.550 e. The molecule has 0 N–H and O–H groups in total. The summed E-state index contributed by atoms with van der Waals surface area (Å²) >= 11 is 0. The summed E-state index contributed by atoms with van der Waals surface area (Å²) in [6.07, 6.45) is 0. The van der Waals surface area contributed by atoms with Crippen molar-refractivity contribution in [3.05, 3.63) is 102 Å². The van der Waals surface area contributed by atoms with E-state index in [0.717, 1.165) is 16.7 Å². The highest BCUT2D eigenvalue weighted by atomic mass is 16.5. The Morgan fingerprint density at radius 1 is 0.759 bits per heavy atom. The molecule has 0 saturated heterocycles. The fourth-order valence-electron chi connectivity index (χ4n) is 4.38. The number of aliphatic carboxylic acids is 1. The zero-order valence-corrected chi connectivity index (χ0v) is 16.0. The van der Waals surface area contributed by atoms with E-state index in [-0.39, 0.29) is 0 Å². The Balaban J connectivity index is 1.72. The molecule has 0 spiro atoms. The molecule has 3 aromatic rings. The third-order valence-electron chi connectivity index (χ3n) is 5.67. The number of hydrogen-bond acceptors (Lipinski definition) is 4. The summed E-state index contributed by atoms with van der Waals surface area (Å²) in [7, 11) is 0. The molecule has 4 rings (SSSR count). The largest absolute Gasteiger partial charge is 0.550 e. The van der Waals surface area contributed by atoms with Gasteiger partial charge in [-0.05, 0) is 35.7 Å². The van der Waals surface area contributed by atoms with E-state index in [2.05, 4.69) is 0 Å². The molecule has 146 valence electrons. The number of benzene rings is 3. The second-order valence-electron chi connectivity index (χ2n) is 7.48. The van der Waals surface area contributed by atoms with E-state index in [1.165, 1.54) is 0 Å². The first-order valence-electron chi connectivity index (χ1n) is 9.65. The van der Waals surface area contributed by atoms with E-state index >= 15 is 0 Å². The van der Waals surface area contributed by atoms with Gasteiger partial charge >= 0.3 is 5.97 Å². The maximum atomic E-state index is 13.2. The Labute approximate surface area is 169 Å². The number of esters is 1. The first-order valence-corrected chi connectivity index (χ1v) is 9.65. The normalized spacial score (nSPS) is 23.1. The average molecular weight is 385 g/mol. The van der Waals surface area contributed by atoms with Gasteiger partial charge in [0.05, 0.1) is 5.92 Å². The lowest BCUT2D eigenvalue weighted by atomic mass is 9.52. The van der Waals surface area contributed by atoms with E-state index in [1.54, 1.807) is 12.1 Å². The smallest absolute Gasteiger partial charge is 0.315 e. The second kappa shape index (κ2) is 7.92. The van der Waals surface area contributed by atoms with Gasteiger partial charge in [0.1, 0.15) is 5.75 Å². The zero-order chi connectivity index (χ0) is 20.4. The summed E-state index contributed by atoms with van der Waals surface area (Å²) in [5, 5.41) is 12.1. The number of carboxylic acid groups (broad SMARTS) is 1. The van der Waals surface area contributed by atoms with Crippen LogP contribution in [0, 0.1) is 18.8 Å². The van der Waals surface area contributed by atoms with Crippen molar-refractivity contribution < 1.29 is 19.4 Å². The summed E-state index contributed by atoms with van der Waals surface area (Å²) in [4.78, 5) is 25.3. The lowest BCUT2D eigenvalue weighted by molar-refractivity contribution is -0.317. The quantitative estimate of drug-likeness (QED) is 0.498. The van der Waals surface area contributed by atoms with Crippen molar-refractivity contribution in [2.75, 3.05) is 0 Å². The molecule has 4 heteroatoms. The Bertz CT molecular complexity index is 966. The third kappa shape index (κ3) is 3.66. The highest BCUT2D eigenvalue weighted by Crippen LogP contribution is 2.57. The molecule has 1 aliphatic carbocycles. The maximum Gasteiger partial charge on any atom is 0.315 e. The molecule has 3 aromatic carbocycles. The molecule has 0 radical (unpaired) electrons. The number of aryl methyl sites for hydroxylation is 1. The van der Waals surface area contributed by atoms with Crippen LogP contribution in [0.2, 0.25) is 0 Å². The molecular formula is C25H21O4-. The van der Waals surface area contributed by atoms with Gasteiger partial charge in [-0.1, -0.05) is 72.8 Å². The fraction of sp³-hybridized carbons (Fsp3) is 0.200. The number of hydrogen-bond donors (Lipinski definition) is 0. The van der Waals surface area contributed by atoms with E-state index in [0.29, 0.717) is 5.75 Å². The summed E-state index contributed by atoms with van der Waals surface area (Å²) in [5.74, 6) is -3.50. The molecule has 2 unspecified atom stereocenters. The highest BCUT2D eigenvalue weighted by Gasteiger charge is 2.56. The van der Waals surface area contributed by atoms with Crippen LogP contribution < -0.4 is 9.84 Å². The first kappa shape index (κ1) is 18.9. The van der Waals surface area contributed by atoms with Gasteiger partial charge < -0.3 is 14.6 Å². The van der Waals surface area contributed by atoms with Crippen molar-refractivity contribution in [1.82, 2.24) is 0 Å². The first-order chi connectivity index (χ1) is 14.1. The molecule has 4 nitrogen and oxygen atoms in total. The molecule has 1 aliphatic rings. The molecule has 4 atom stereocenters. The molecule has 29 heavy (non-hydrogen) atoms. The van der Waals surface area contributed by atoms with Crippen LogP contribution in [0.4, 0.5) is 0 Å². The number of rotatable bonds is 5. The van der Waals surface area contributed by atoms with Crippen molar-refractivity contribution in [1.29, 1.82) is 0 Å². The van der Waals surface area contributed by atoms with Crippen molar-refractivity contribution in [3.63, 3.8) is 0 Å². The summed E-state index contributed by atoms with van der Waals surface area (Å²) in [6.45, 7) is 1.92. The van der Waals surface area contributed by atoms with Crippen LogP contribution in [-0.4, -0.2) is 11.9 Å². The van der Waals surface area contributed by atoms with Gasteiger partial charge in [-0.15, -0.1) is 0 Å². The molecule has 0 aliphatic heterocycles. The van der Waals surface area contributed by atoms with Crippen molar-refractivity contribution in [2.45, 2.75) is 18.8 Å². The Hall–Kier alpha value is -3.40. The Morgan fingerprint density at radius 3 is 1.79 bits per heavy atom. The van der Waals surface area contributed by atoms with E-state index in [1.807, 2.05) is 79.7 Å². The Kier molecular flexibility index (Phi) is 5.17. The number of ether oxygens (including phenoxy) is 1. The van der Waals surface area contributed by atoms with Crippen LogP contribution in [0.15, 0.2) is 84.9 Å². The summed E-state index contributed by atoms with van der Waals surface area (Å²) in [5.41, 5.74) is 2.59. The third-order valence-corrected chi connectivity index (χ3v) is 5.67.